The molecule has 2 aromatic carbocycles. The molecule has 0 aliphatic carbocycles. The van der Waals surface area contributed by atoms with Gasteiger partial charge in [-0.05, 0) is 42.4 Å². The van der Waals surface area contributed by atoms with E-state index in [0.717, 1.165) is 45.9 Å². The van der Waals surface area contributed by atoms with E-state index >= 15 is 0 Å². The molecular formula is C28H28N4O2S. The zero-order chi connectivity index (χ0) is 24.0. The number of amides is 1. The van der Waals surface area contributed by atoms with E-state index in [1.807, 2.05) is 70.4 Å². The average Bonchev–Trinajstić information content (AvgIpc) is 3.34. The lowest BCUT2D eigenvalue weighted by Crippen LogP contribution is -2.39. The van der Waals surface area contributed by atoms with Crippen molar-refractivity contribution < 1.29 is 9.53 Å². The molecule has 35 heavy (non-hydrogen) atoms. The van der Waals surface area contributed by atoms with Crippen LogP contribution < -0.4 is 0 Å². The smallest absolute Gasteiger partial charge is 0.410 e. The predicted octanol–water partition coefficient (Wildman–Crippen LogP) is 6.14. The molecule has 1 aliphatic rings. The zero-order valence-corrected chi connectivity index (χ0v) is 20.5. The maximum atomic E-state index is 12.8. The fraction of sp³-hybridized carbons (Fsp3) is 0.250. The fourth-order valence-corrected chi connectivity index (χ4v) is 4.93. The molecule has 178 valence electrons. The fourth-order valence-electron chi connectivity index (χ4n) is 4.39. The summed E-state index contributed by atoms with van der Waals surface area (Å²) in [4.78, 5) is 19.6. The minimum atomic E-state index is -0.263. The van der Waals surface area contributed by atoms with Gasteiger partial charge in [0, 0.05) is 24.6 Å². The second kappa shape index (κ2) is 10.8. The van der Waals surface area contributed by atoms with Crippen molar-refractivity contribution in [2.45, 2.75) is 30.4 Å². The Hall–Kier alpha value is -3.58. The number of piperidine rings is 1. The summed E-state index contributed by atoms with van der Waals surface area (Å²) >= 11 is 1.65. The number of hydrogen-bond acceptors (Lipinski definition) is 5. The highest BCUT2D eigenvalue weighted by atomic mass is 32.2. The van der Waals surface area contributed by atoms with Crippen LogP contribution in [0.25, 0.3) is 17.8 Å². The number of fused-ring (bicyclic) bond motifs is 1. The van der Waals surface area contributed by atoms with Gasteiger partial charge in [0.2, 0.25) is 0 Å². The number of rotatable bonds is 6. The maximum absolute atomic E-state index is 12.8. The van der Waals surface area contributed by atoms with Gasteiger partial charge in [0.1, 0.15) is 11.6 Å². The Morgan fingerprint density at radius 1 is 1.11 bits per heavy atom. The van der Waals surface area contributed by atoms with Gasteiger partial charge >= 0.3 is 6.09 Å². The predicted molar refractivity (Wildman–Crippen MR) is 140 cm³/mol. The van der Waals surface area contributed by atoms with E-state index in [9.17, 15) is 4.79 Å². The number of ether oxygens (including phenoxy) is 1. The van der Waals surface area contributed by atoms with E-state index in [4.69, 9.17) is 9.72 Å². The van der Waals surface area contributed by atoms with E-state index in [1.54, 1.807) is 11.8 Å². The Labute approximate surface area is 209 Å². The van der Waals surface area contributed by atoms with Crippen molar-refractivity contribution in [1.29, 1.82) is 0 Å². The molecule has 1 unspecified atom stereocenters. The molecular weight excluding hydrogens is 456 g/mol. The van der Waals surface area contributed by atoms with Gasteiger partial charge in [-0.15, -0.1) is 11.8 Å². The molecule has 5 rings (SSSR count). The third kappa shape index (κ3) is 5.41. The molecule has 0 bridgehead atoms. The van der Waals surface area contributed by atoms with Crippen LogP contribution in [0, 0.1) is 0 Å². The normalized spacial score (nSPS) is 16.1. The van der Waals surface area contributed by atoms with Crippen molar-refractivity contribution in [3.05, 3.63) is 95.3 Å². The second-order valence-electron chi connectivity index (χ2n) is 8.63. The molecule has 4 aromatic rings. The van der Waals surface area contributed by atoms with Crippen LogP contribution in [0.15, 0.2) is 78.0 Å². The molecule has 1 aliphatic heterocycles. The van der Waals surface area contributed by atoms with E-state index < -0.39 is 0 Å². The number of hydrogen-bond donors (Lipinski definition) is 0. The first-order valence-corrected chi connectivity index (χ1v) is 13.0. The van der Waals surface area contributed by atoms with Crippen LogP contribution in [-0.4, -0.2) is 44.9 Å². The van der Waals surface area contributed by atoms with Gasteiger partial charge in [0.05, 0.1) is 11.9 Å². The van der Waals surface area contributed by atoms with Crippen LogP contribution in [0.3, 0.4) is 0 Å². The average molecular weight is 485 g/mol. The van der Waals surface area contributed by atoms with Gasteiger partial charge in [-0.25, -0.2) is 14.3 Å². The molecule has 0 spiro atoms. The highest BCUT2D eigenvalue weighted by Crippen LogP contribution is 2.30. The summed E-state index contributed by atoms with van der Waals surface area (Å²) in [6, 6.07) is 22.1. The third-order valence-electron chi connectivity index (χ3n) is 6.25. The summed E-state index contributed by atoms with van der Waals surface area (Å²) in [5, 5.41) is 5.62. The van der Waals surface area contributed by atoms with Crippen LogP contribution in [0.4, 0.5) is 4.79 Å². The highest BCUT2D eigenvalue weighted by Gasteiger charge is 2.27. The molecule has 0 N–H and O–H groups in total. The minimum absolute atomic E-state index is 0.157. The summed E-state index contributed by atoms with van der Waals surface area (Å²) in [6.45, 7) is 1.60. The Balaban J connectivity index is 1.35. The topological polar surface area (TPSA) is 59.7 Å². The molecule has 0 radical (unpaired) electrons. The van der Waals surface area contributed by atoms with Crippen LogP contribution in [0.1, 0.15) is 41.1 Å². The molecule has 1 atom stereocenters. The lowest BCUT2D eigenvalue weighted by atomic mass is 9.95. The van der Waals surface area contributed by atoms with Crippen LogP contribution in [-0.2, 0) is 11.3 Å². The molecule has 2 aromatic heterocycles. The first-order chi connectivity index (χ1) is 17.2. The molecule has 3 heterocycles. The molecule has 1 amide bonds. The number of carbonyl (C=O) groups excluding carboxylic acids is 1. The van der Waals surface area contributed by atoms with Crippen molar-refractivity contribution in [2.24, 2.45) is 0 Å². The molecule has 0 saturated carbocycles. The Bertz CT molecular complexity index is 1320. The summed E-state index contributed by atoms with van der Waals surface area (Å²) in [5.41, 5.74) is 4.93. The first kappa shape index (κ1) is 23.2. The summed E-state index contributed by atoms with van der Waals surface area (Å²) < 4.78 is 7.48. The van der Waals surface area contributed by atoms with Crippen molar-refractivity contribution in [1.82, 2.24) is 19.5 Å². The van der Waals surface area contributed by atoms with Gasteiger partial charge < -0.3 is 9.64 Å². The largest absolute Gasteiger partial charge is 0.445 e. The summed E-state index contributed by atoms with van der Waals surface area (Å²) in [5.74, 6) is 0.157. The van der Waals surface area contributed by atoms with Gasteiger partial charge in [0.15, 0.2) is 5.65 Å². The van der Waals surface area contributed by atoms with Gasteiger partial charge in [0.25, 0.3) is 0 Å². The number of aromatic nitrogens is 3. The quantitative estimate of drug-likeness (QED) is 0.243. The summed E-state index contributed by atoms with van der Waals surface area (Å²) in [7, 11) is 0. The van der Waals surface area contributed by atoms with Crippen molar-refractivity contribution in [2.75, 3.05) is 19.3 Å². The number of likely N-dealkylation sites (tertiary alicyclic amines) is 1. The van der Waals surface area contributed by atoms with Crippen molar-refractivity contribution >= 4 is 35.7 Å². The highest BCUT2D eigenvalue weighted by molar-refractivity contribution is 7.98. The van der Waals surface area contributed by atoms with Crippen LogP contribution in [0.5, 0.6) is 0 Å². The van der Waals surface area contributed by atoms with Crippen LogP contribution in [0.2, 0.25) is 0 Å². The van der Waals surface area contributed by atoms with E-state index in [2.05, 4.69) is 35.4 Å². The second-order valence-corrected chi connectivity index (χ2v) is 9.45. The zero-order valence-electron chi connectivity index (χ0n) is 19.7. The number of thioether (sulfide) groups is 1. The number of nitrogens with zero attached hydrogens (tertiary/aromatic N) is 4. The maximum Gasteiger partial charge on any atom is 0.410 e. The number of benzene rings is 2. The molecule has 6 nitrogen and oxygen atoms in total. The van der Waals surface area contributed by atoms with Gasteiger partial charge in [-0.1, -0.05) is 66.7 Å². The van der Waals surface area contributed by atoms with Crippen LogP contribution >= 0.6 is 11.8 Å². The Kier molecular flexibility index (Phi) is 7.14. The van der Waals surface area contributed by atoms with E-state index in [0.29, 0.717) is 13.1 Å². The van der Waals surface area contributed by atoms with Gasteiger partial charge in [-0.3, -0.25) is 0 Å². The van der Waals surface area contributed by atoms with E-state index in [1.165, 1.54) is 0 Å². The minimum Gasteiger partial charge on any atom is -0.445 e. The monoisotopic (exact) mass is 484 g/mol. The van der Waals surface area contributed by atoms with E-state index in [-0.39, 0.29) is 18.6 Å². The molecule has 1 fully saturated rings. The molecule has 1 saturated heterocycles. The van der Waals surface area contributed by atoms with Gasteiger partial charge in [-0.2, -0.15) is 5.10 Å². The number of carbonyl (C=O) groups is 1. The Morgan fingerprint density at radius 2 is 1.89 bits per heavy atom. The lowest BCUT2D eigenvalue weighted by Gasteiger charge is -2.32. The van der Waals surface area contributed by atoms with Crippen molar-refractivity contribution in [3.63, 3.8) is 0 Å². The summed E-state index contributed by atoms with van der Waals surface area (Å²) in [6.07, 6.45) is 9.70. The Morgan fingerprint density at radius 3 is 2.66 bits per heavy atom. The first-order valence-electron chi connectivity index (χ1n) is 11.8. The third-order valence-corrected chi connectivity index (χ3v) is 6.96. The standard InChI is InChI=1S/C28H28N4O2S/c1-35-26-17-25(30-27-23(18-29-32(26)27)15-14-21-9-4-2-5-10-21)24-13-8-16-31(19-24)28(33)34-20-22-11-6-3-7-12-22/h2-7,9-12,14-15,17-18,24H,8,13,16,19-20H2,1H3/b15-14+. The lowest BCUT2D eigenvalue weighted by molar-refractivity contribution is 0.0856. The molecule has 7 heteroatoms. The SMILES string of the molecule is CSc1cc(C2CCCN(C(=O)OCc3ccccc3)C2)nc2c(/C=C/c3ccccc3)cnn12. The van der Waals surface area contributed by atoms with Crippen molar-refractivity contribution in [3.8, 4) is 0 Å².